The van der Waals surface area contributed by atoms with Gasteiger partial charge in [-0.2, -0.15) is 0 Å². The lowest BCUT2D eigenvalue weighted by Crippen LogP contribution is -2.51. The van der Waals surface area contributed by atoms with Gasteiger partial charge in [0.15, 0.2) is 23.0 Å². The molecule has 0 radical (unpaired) electrons. The van der Waals surface area contributed by atoms with Gasteiger partial charge >= 0.3 is 0 Å². The number of hydrogen-bond acceptors (Lipinski definition) is 5. The van der Waals surface area contributed by atoms with Crippen molar-refractivity contribution in [2.45, 2.75) is 19.1 Å². The zero-order chi connectivity index (χ0) is 24.3. The highest BCUT2D eigenvalue weighted by molar-refractivity contribution is 5.95. The molecule has 9 heteroatoms. The fourth-order valence-electron chi connectivity index (χ4n) is 3.78. The van der Waals surface area contributed by atoms with Gasteiger partial charge in [0, 0.05) is 11.8 Å². The summed E-state index contributed by atoms with van der Waals surface area (Å²) >= 11 is 0. The van der Waals surface area contributed by atoms with E-state index in [2.05, 4.69) is 10.3 Å². The van der Waals surface area contributed by atoms with Crippen LogP contribution >= 0.6 is 0 Å². The summed E-state index contributed by atoms with van der Waals surface area (Å²) in [5.74, 6) is -2.25. The van der Waals surface area contributed by atoms with Crippen molar-refractivity contribution in [1.82, 2.24) is 14.7 Å². The Morgan fingerprint density at radius 2 is 1.79 bits per heavy atom. The highest BCUT2D eigenvalue weighted by Gasteiger charge is 2.34. The minimum absolute atomic E-state index is 0.0433. The standard InChI is InChI=1S/C25H23F2N3O4/c1-16-22(24(33)29-25(14-31,15-32)18-8-3-2-4-9-18)30-12-6-11-20(23(30)28-16)34-13-17-7-5-10-19(26)21(17)27/h2-12,31-32H,13-15H2,1H3,(H,29,33). The third kappa shape index (κ3) is 4.23. The first-order valence-corrected chi connectivity index (χ1v) is 10.5. The van der Waals surface area contributed by atoms with Crippen LogP contribution in [0.15, 0.2) is 66.9 Å². The smallest absolute Gasteiger partial charge is 0.271 e. The molecule has 2 aromatic carbocycles. The summed E-state index contributed by atoms with van der Waals surface area (Å²) in [5, 5.41) is 22.8. The predicted molar refractivity (Wildman–Crippen MR) is 120 cm³/mol. The monoisotopic (exact) mass is 467 g/mol. The Labute approximate surface area is 194 Å². The maximum absolute atomic E-state index is 14.0. The van der Waals surface area contributed by atoms with E-state index in [0.29, 0.717) is 16.9 Å². The number of imidazole rings is 1. The highest BCUT2D eigenvalue weighted by Crippen LogP contribution is 2.26. The Bertz CT molecular complexity index is 1320. The number of fused-ring (bicyclic) bond motifs is 1. The van der Waals surface area contributed by atoms with Crippen molar-refractivity contribution in [3.8, 4) is 5.75 Å². The van der Waals surface area contributed by atoms with E-state index >= 15 is 0 Å². The fraction of sp³-hybridized carbons (Fsp3) is 0.200. The molecular formula is C25H23F2N3O4. The van der Waals surface area contributed by atoms with Gasteiger partial charge in [-0.05, 0) is 30.7 Å². The van der Waals surface area contributed by atoms with Crippen LogP contribution in [-0.4, -0.2) is 38.7 Å². The van der Waals surface area contributed by atoms with Crippen LogP contribution in [0.3, 0.4) is 0 Å². The maximum atomic E-state index is 14.0. The molecule has 2 aromatic heterocycles. The first-order chi connectivity index (χ1) is 16.4. The van der Waals surface area contributed by atoms with Crippen LogP contribution in [0.4, 0.5) is 8.78 Å². The quantitative estimate of drug-likeness (QED) is 0.370. The summed E-state index contributed by atoms with van der Waals surface area (Å²) < 4.78 is 34.7. The second-order valence-electron chi connectivity index (χ2n) is 7.83. The summed E-state index contributed by atoms with van der Waals surface area (Å²) in [6, 6.07) is 15.7. The highest BCUT2D eigenvalue weighted by atomic mass is 19.2. The minimum Gasteiger partial charge on any atom is -0.485 e. The molecule has 7 nitrogen and oxygen atoms in total. The number of hydrogen-bond donors (Lipinski definition) is 3. The van der Waals surface area contributed by atoms with Crippen LogP contribution in [0.2, 0.25) is 0 Å². The summed E-state index contributed by atoms with van der Waals surface area (Å²) in [6.45, 7) is 0.355. The van der Waals surface area contributed by atoms with Gasteiger partial charge in [-0.1, -0.05) is 42.5 Å². The Morgan fingerprint density at radius 1 is 1.06 bits per heavy atom. The molecule has 0 atom stereocenters. The normalized spacial score (nSPS) is 11.6. The van der Waals surface area contributed by atoms with E-state index in [4.69, 9.17) is 4.74 Å². The molecule has 0 bridgehead atoms. The summed E-state index contributed by atoms with van der Waals surface area (Å²) in [7, 11) is 0. The third-order valence-electron chi connectivity index (χ3n) is 5.64. The topological polar surface area (TPSA) is 96.1 Å². The van der Waals surface area contributed by atoms with Crippen molar-refractivity contribution < 1.29 is 28.5 Å². The van der Waals surface area contributed by atoms with Crippen molar-refractivity contribution in [3.05, 3.63) is 101 Å². The Morgan fingerprint density at radius 3 is 2.50 bits per heavy atom. The number of aliphatic hydroxyl groups is 2. The molecule has 0 aliphatic rings. The van der Waals surface area contributed by atoms with Crippen molar-refractivity contribution in [2.24, 2.45) is 0 Å². The predicted octanol–water partition coefficient (Wildman–Crippen LogP) is 3.11. The number of aromatic nitrogens is 2. The van der Waals surface area contributed by atoms with Crippen LogP contribution < -0.4 is 10.1 Å². The fourth-order valence-corrected chi connectivity index (χ4v) is 3.78. The second-order valence-corrected chi connectivity index (χ2v) is 7.83. The van der Waals surface area contributed by atoms with E-state index in [-0.39, 0.29) is 23.6 Å². The maximum Gasteiger partial charge on any atom is 0.271 e. The number of amides is 1. The van der Waals surface area contributed by atoms with E-state index in [9.17, 15) is 23.8 Å². The molecule has 2 heterocycles. The largest absolute Gasteiger partial charge is 0.485 e. The SMILES string of the molecule is Cc1nc2c(OCc3cccc(F)c3F)cccn2c1C(=O)NC(CO)(CO)c1ccccc1. The lowest BCUT2D eigenvalue weighted by molar-refractivity contribution is 0.0652. The van der Waals surface area contributed by atoms with E-state index < -0.39 is 36.3 Å². The van der Waals surface area contributed by atoms with Crippen LogP contribution in [0.1, 0.15) is 27.3 Å². The number of ether oxygens (including phenoxy) is 1. The van der Waals surface area contributed by atoms with Crippen molar-refractivity contribution in [1.29, 1.82) is 0 Å². The summed E-state index contributed by atoms with van der Waals surface area (Å²) in [4.78, 5) is 17.7. The zero-order valence-electron chi connectivity index (χ0n) is 18.3. The lowest BCUT2D eigenvalue weighted by Gasteiger charge is -2.31. The van der Waals surface area contributed by atoms with Gasteiger partial charge in [0.1, 0.15) is 17.8 Å². The Balaban J connectivity index is 1.65. The number of pyridine rings is 1. The van der Waals surface area contributed by atoms with Gasteiger partial charge in [-0.25, -0.2) is 13.8 Å². The molecule has 1 amide bonds. The Hall–Kier alpha value is -3.82. The van der Waals surface area contributed by atoms with Gasteiger partial charge in [0.2, 0.25) is 0 Å². The zero-order valence-corrected chi connectivity index (χ0v) is 18.3. The molecule has 4 aromatic rings. The van der Waals surface area contributed by atoms with Crippen molar-refractivity contribution >= 4 is 11.6 Å². The van der Waals surface area contributed by atoms with Crippen LogP contribution in [-0.2, 0) is 12.1 Å². The number of halogens is 2. The van der Waals surface area contributed by atoms with Crippen LogP contribution in [0.5, 0.6) is 5.75 Å². The Kier molecular flexibility index (Phi) is 6.58. The van der Waals surface area contributed by atoms with Gasteiger partial charge < -0.3 is 20.3 Å². The first kappa shape index (κ1) is 23.3. The summed E-state index contributed by atoms with van der Waals surface area (Å²) in [6.07, 6.45) is 1.61. The molecular weight excluding hydrogens is 444 g/mol. The molecule has 0 fully saturated rings. The minimum atomic E-state index is -1.40. The number of rotatable bonds is 8. The van der Waals surface area contributed by atoms with Crippen LogP contribution in [0.25, 0.3) is 5.65 Å². The molecule has 4 rings (SSSR count). The van der Waals surface area contributed by atoms with Gasteiger partial charge in [-0.3, -0.25) is 9.20 Å². The molecule has 0 aliphatic heterocycles. The number of aliphatic hydroxyl groups excluding tert-OH is 2. The molecule has 176 valence electrons. The van der Waals surface area contributed by atoms with E-state index in [1.54, 1.807) is 55.6 Å². The van der Waals surface area contributed by atoms with Crippen LogP contribution in [0, 0.1) is 18.6 Å². The lowest BCUT2D eigenvalue weighted by atomic mass is 9.91. The molecule has 0 saturated heterocycles. The molecule has 0 aliphatic carbocycles. The van der Waals surface area contributed by atoms with Gasteiger partial charge in [-0.15, -0.1) is 0 Å². The molecule has 3 N–H and O–H groups in total. The van der Waals surface area contributed by atoms with Gasteiger partial charge in [0.05, 0.1) is 18.9 Å². The average molecular weight is 467 g/mol. The van der Waals surface area contributed by atoms with E-state index in [0.717, 1.165) is 6.07 Å². The number of nitrogens with one attached hydrogen (secondary N) is 1. The van der Waals surface area contributed by atoms with E-state index in [1.165, 1.54) is 16.5 Å². The first-order valence-electron chi connectivity index (χ1n) is 10.5. The van der Waals surface area contributed by atoms with Crippen molar-refractivity contribution in [2.75, 3.05) is 13.2 Å². The molecule has 0 saturated carbocycles. The molecule has 34 heavy (non-hydrogen) atoms. The molecule has 0 unspecified atom stereocenters. The van der Waals surface area contributed by atoms with Crippen molar-refractivity contribution in [3.63, 3.8) is 0 Å². The van der Waals surface area contributed by atoms with E-state index in [1.807, 2.05) is 0 Å². The number of benzene rings is 2. The number of nitrogens with zero attached hydrogens (tertiary/aromatic N) is 2. The summed E-state index contributed by atoms with van der Waals surface area (Å²) in [5.41, 5.74) is 0.0451. The second kappa shape index (κ2) is 9.58. The number of carbonyl (C=O) groups is 1. The number of aryl methyl sites for hydroxylation is 1. The average Bonchev–Trinajstić information content (AvgIpc) is 3.20. The van der Waals surface area contributed by atoms with Gasteiger partial charge in [0.25, 0.3) is 5.91 Å². The third-order valence-corrected chi connectivity index (χ3v) is 5.64. The number of carbonyl (C=O) groups excluding carboxylic acids is 1. The molecule has 0 spiro atoms.